The summed E-state index contributed by atoms with van der Waals surface area (Å²) in [7, 11) is 3.57. The SMILES string of the molecule is CN=C(NCCc1cc(C)ccc1OC)NCC1CCN(CCc2ccccc2)C1. The Balaban J connectivity index is 1.36. The highest BCUT2D eigenvalue weighted by atomic mass is 16.5. The van der Waals surface area contributed by atoms with Gasteiger partial charge in [-0.25, -0.2) is 0 Å². The standard InChI is InChI=1S/C25H36N4O/c1-20-9-10-24(30-3)23(17-20)11-14-27-25(26-2)28-18-22-13-16-29(19-22)15-12-21-7-5-4-6-8-21/h4-10,17,22H,11-16,18-19H2,1-3H3,(H2,26,27,28). The highest BCUT2D eigenvalue weighted by molar-refractivity contribution is 5.79. The number of rotatable bonds is 9. The van der Waals surface area contributed by atoms with Gasteiger partial charge in [-0.2, -0.15) is 0 Å². The van der Waals surface area contributed by atoms with E-state index in [9.17, 15) is 0 Å². The fourth-order valence-corrected chi connectivity index (χ4v) is 4.09. The third-order valence-corrected chi connectivity index (χ3v) is 5.83. The van der Waals surface area contributed by atoms with Crippen molar-refractivity contribution in [3.05, 3.63) is 65.2 Å². The van der Waals surface area contributed by atoms with Crippen LogP contribution >= 0.6 is 0 Å². The molecule has 1 aliphatic heterocycles. The van der Waals surface area contributed by atoms with E-state index in [0.29, 0.717) is 5.92 Å². The molecule has 0 bridgehead atoms. The van der Waals surface area contributed by atoms with Crippen LogP contribution in [0.5, 0.6) is 5.75 Å². The predicted octanol–water partition coefficient (Wildman–Crippen LogP) is 3.28. The first-order chi connectivity index (χ1) is 14.7. The number of methoxy groups -OCH3 is 1. The maximum atomic E-state index is 5.48. The van der Waals surface area contributed by atoms with Crippen LogP contribution in [0.15, 0.2) is 53.5 Å². The maximum absolute atomic E-state index is 5.48. The lowest BCUT2D eigenvalue weighted by Gasteiger charge is -2.18. The molecule has 0 aliphatic carbocycles. The summed E-state index contributed by atoms with van der Waals surface area (Å²) >= 11 is 0. The molecule has 0 aromatic heterocycles. The lowest BCUT2D eigenvalue weighted by Crippen LogP contribution is -2.41. The Hall–Kier alpha value is -2.53. The van der Waals surface area contributed by atoms with E-state index in [0.717, 1.165) is 50.7 Å². The Morgan fingerprint density at radius 3 is 2.73 bits per heavy atom. The van der Waals surface area contributed by atoms with Crippen molar-refractivity contribution in [1.82, 2.24) is 15.5 Å². The average molecular weight is 409 g/mol. The molecule has 1 heterocycles. The summed E-state index contributed by atoms with van der Waals surface area (Å²) in [5.74, 6) is 2.51. The van der Waals surface area contributed by atoms with Gasteiger partial charge < -0.3 is 20.3 Å². The number of aryl methyl sites for hydroxylation is 1. The van der Waals surface area contributed by atoms with Crippen molar-refractivity contribution in [3.8, 4) is 5.75 Å². The van der Waals surface area contributed by atoms with Gasteiger partial charge in [-0.3, -0.25) is 4.99 Å². The van der Waals surface area contributed by atoms with Crippen LogP contribution in [-0.2, 0) is 12.8 Å². The van der Waals surface area contributed by atoms with Crippen LogP contribution in [0, 0.1) is 12.8 Å². The fraction of sp³-hybridized carbons (Fsp3) is 0.480. The number of hydrogen-bond acceptors (Lipinski definition) is 3. The molecule has 0 saturated carbocycles. The number of guanidine groups is 1. The molecule has 0 amide bonds. The summed E-state index contributed by atoms with van der Waals surface area (Å²) in [6.45, 7) is 7.41. The average Bonchev–Trinajstić information content (AvgIpc) is 3.23. The lowest BCUT2D eigenvalue weighted by atomic mass is 10.1. The fourth-order valence-electron chi connectivity index (χ4n) is 4.09. The van der Waals surface area contributed by atoms with E-state index in [1.54, 1.807) is 7.11 Å². The van der Waals surface area contributed by atoms with E-state index < -0.39 is 0 Å². The van der Waals surface area contributed by atoms with Gasteiger partial charge in [-0.1, -0.05) is 48.0 Å². The van der Waals surface area contributed by atoms with Crippen LogP contribution in [0.25, 0.3) is 0 Å². The first kappa shape index (κ1) is 22.2. The molecule has 30 heavy (non-hydrogen) atoms. The van der Waals surface area contributed by atoms with Gasteiger partial charge in [0.15, 0.2) is 5.96 Å². The van der Waals surface area contributed by atoms with Crippen LogP contribution in [0.2, 0.25) is 0 Å². The maximum Gasteiger partial charge on any atom is 0.190 e. The third-order valence-electron chi connectivity index (χ3n) is 5.83. The summed E-state index contributed by atoms with van der Waals surface area (Å²) < 4.78 is 5.48. The van der Waals surface area contributed by atoms with Gasteiger partial charge >= 0.3 is 0 Å². The molecule has 1 atom stereocenters. The largest absolute Gasteiger partial charge is 0.496 e. The van der Waals surface area contributed by atoms with E-state index in [2.05, 4.69) is 69.9 Å². The highest BCUT2D eigenvalue weighted by Crippen LogP contribution is 2.20. The summed E-state index contributed by atoms with van der Waals surface area (Å²) in [5.41, 5.74) is 3.91. The second-order valence-electron chi connectivity index (χ2n) is 8.14. The van der Waals surface area contributed by atoms with E-state index in [4.69, 9.17) is 4.74 Å². The molecular formula is C25H36N4O. The lowest BCUT2D eigenvalue weighted by molar-refractivity contribution is 0.328. The Kier molecular flexibility index (Phi) is 8.57. The molecule has 2 aromatic rings. The first-order valence-corrected chi connectivity index (χ1v) is 11.0. The molecule has 5 nitrogen and oxygen atoms in total. The monoisotopic (exact) mass is 408 g/mol. The van der Waals surface area contributed by atoms with Crippen molar-refractivity contribution in [2.75, 3.05) is 46.9 Å². The molecule has 3 rings (SSSR count). The Morgan fingerprint density at radius 2 is 1.97 bits per heavy atom. The van der Waals surface area contributed by atoms with E-state index in [1.165, 1.54) is 29.7 Å². The highest BCUT2D eigenvalue weighted by Gasteiger charge is 2.22. The summed E-state index contributed by atoms with van der Waals surface area (Å²) in [6, 6.07) is 17.1. The van der Waals surface area contributed by atoms with Crippen LogP contribution in [0.3, 0.4) is 0 Å². The van der Waals surface area contributed by atoms with Gasteiger partial charge in [0, 0.05) is 33.2 Å². The van der Waals surface area contributed by atoms with Gasteiger partial charge in [-0.05, 0) is 55.8 Å². The summed E-state index contributed by atoms with van der Waals surface area (Å²) in [5, 5.41) is 6.95. The van der Waals surface area contributed by atoms with E-state index in [1.807, 2.05) is 13.1 Å². The van der Waals surface area contributed by atoms with E-state index >= 15 is 0 Å². The molecule has 1 aliphatic rings. The van der Waals surface area contributed by atoms with Gasteiger partial charge in [0.25, 0.3) is 0 Å². The van der Waals surface area contributed by atoms with Crippen molar-refractivity contribution in [1.29, 1.82) is 0 Å². The van der Waals surface area contributed by atoms with Crippen molar-refractivity contribution in [2.24, 2.45) is 10.9 Å². The minimum atomic E-state index is 0.677. The Bertz CT molecular complexity index is 806. The second kappa shape index (κ2) is 11.6. The molecule has 1 fully saturated rings. The quantitative estimate of drug-likeness (QED) is 0.494. The van der Waals surface area contributed by atoms with Crippen LogP contribution in [0.1, 0.15) is 23.1 Å². The molecule has 162 valence electrons. The van der Waals surface area contributed by atoms with Crippen molar-refractivity contribution >= 4 is 5.96 Å². The Morgan fingerprint density at radius 1 is 1.13 bits per heavy atom. The molecule has 5 heteroatoms. The van der Waals surface area contributed by atoms with Crippen molar-refractivity contribution in [2.45, 2.75) is 26.2 Å². The molecule has 0 spiro atoms. The van der Waals surface area contributed by atoms with Crippen molar-refractivity contribution < 1.29 is 4.74 Å². The zero-order chi connectivity index (χ0) is 21.2. The van der Waals surface area contributed by atoms with Crippen LogP contribution in [-0.4, -0.2) is 57.7 Å². The number of hydrogen-bond donors (Lipinski definition) is 2. The smallest absolute Gasteiger partial charge is 0.190 e. The number of benzene rings is 2. The number of likely N-dealkylation sites (tertiary alicyclic amines) is 1. The number of aliphatic imine (C=N–C) groups is 1. The minimum Gasteiger partial charge on any atom is -0.496 e. The van der Waals surface area contributed by atoms with Gasteiger partial charge in [0.1, 0.15) is 5.75 Å². The van der Waals surface area contributed by atoms with Crippen LogP contribution in [0.4, 0.5) is 0 Å². The first-order valence-electron chi connectivity index (χ1n) is 11.0. The molecule has 1 saturated heterocycles. The zero-order valence-corrected chi connectivity index (χ0v) is 18.7. The Labute approximate surface area is 181 Å². The summed E-state index contributed by atoms with van der Waals surface area (Å²) in [6.07, 6.45) is 3.29. The topological polar surface area (TPSA) is 48.9 Å². The summed E-state index contributed by atoms with van der Waals surface area (Å²) in [4.78, 5) is 6.97. The minimum absolute atomic E-state index is 0.677. The zero-order valence-electron chi connectivity index (χ0n) is 18.7. The van der Waals surface area contributed by atoms with Gasteiger partial charge in [0.2, 0.25) is 0 Å². The molecular weight excluding hydrogens is 372 g/mol. The number of nitrogens with one attached hydrogen (secondary N) is 2. The predicted molar refractivity (Wildman–Crippen MR) is 125 cm³/mol. The van der Waals surface area contributed by atoms with E-state index in [-0.39, 0.29) is 0 Å². The molecule has 0 radical (unpaired) electrons. The van der Waals surface area contributed by atoms with Crippen molar-refractivity contribution in [3.63, 3.8) is 0 Å². The molecule has 2 aromatic carbocycles. The van der Waals surface area contributed by atoms with Gasteiger partial charge in [-0.15, -0.1) is 0 Å². The third kappa shape index (κ3) is 6.77. The number of nitrogens with zero attached hydrogens (tertiary/aromatic N) is 2. The molecule has 1 unspecified atom stereocenters. The number of ether oxygens (including phenoxy) is 1. The second-order valence-corrected chi connectivity index (χ2v) is 8.14. The normalized spacial score (nSPS) is 17.2. The molecule has 2 N–H and O–H groups in total. The van der Waals surface area contributed by atoms with Gasteiger partial charge in [0.05, 0.1) is 7.11 Å². The van der Waals surface area contributed by atoms with Crippen LogP contribution < -0.4 is 15.4 Å².